The number of rotatable bonds is 7. The molecule has 0 unspecified atom stereocenters. The van der Waals surface area contributed by atoms with Crippen molar-refractivity contribution in [1.82, 2.24) is 15.0 Å². The molecule has 0 saturated heterocycles. The molecule has 2 heterocycles. The van der Waals surface area contributed by atoms with Crippen molar-refractivity contribution in [2.45, 2.75) is 26.4 Å². The number of hydrogen-bond acceptors (Lipinski definition) is 7. The highest BCUT2D eigenvalue weighted by Gasteiger charge is 2.17. The van der Waals surface area contributed by atoms with E-state index in [0.717, 1.165) is 5.56 Å². The maximum Gasteiger partial charge on any atom is 0.341 e. The molecule has 1 aromatic carbocycles. The van der Waals surface area contributed by atoms with E-state index in [4.69, 9.17) is 13.7 Å². The van der Waals surface area contributed by atoms with Gasteiger partial charge in [0.1, 0.15) is 17.1 Å². The number of nitrogens with zero attached hydrogens (tertiary/aromatic N) is 3. The van der Waals surface area contributed by atoms with Crippen molar-refractivity contribution in [3.05, 3.63) is 70.8 Å². The fourth-order valence-electron chi connectivity index (χ4n) is 2.69. The summed E-state index contributed by atoms with van der Waals surface area (Å²) in [4.78, 5) is 18.0. The summed E-state index contributed by atoms with van der Waals surface area (Å²) in [6, 6.07) is 11.7. The first-order valence-corrected chi connectivity index (χ1v) is 8.26. The second-order valence-corrected chi connectivity index (χ2v) is 6.11. The van der Waals surface area contributed by atoms with Crippen LogP contribution in [0.2, 0.25) is 0 Å². The third-order valence-corrected chi connectivity index (χ3v) is 3.92. The Morgan fingerprint density at radius 3 is 2.73 bits per heavy atom. The normalized spacial score (nSPS) is 11.1. The van der Waals surface area contributed by atoms with Gasteiger partial charge in [0.2, 0.25) is 5.89 Å². The van der Waals surface area contributed by atoms with Gasteiger partial charge in [-0.15, -0.1) is 0 Å². The largest absolute Gasteiger partial charge is 0.465 e. The Hall–Kier alpha value is -2.93. The van der Waals surface area contributed by atoms with Gasteiger partial charge in [0.25, 0.3) is 0 Å². The van der Waals surface area contributed by atoms with E-state index in [-0.39, 0.29) is 0 Å². The Kier molecular flexibility index (Phi) is 5.48. The molecule has 7 heteroatoms. The molecule has 0 fully saturated rings. The number of esters is 1. The quantitative estimate of drug-likeness (QED) is 0.603. The zero-order valence-corrected chi connectivity index (χ0v) is 15.1. The monoisotopic (exact) mass is 355 g/mol. The number of carbonyl (C=O) groups is 1. The number of benzene rings is 1. The van der Waals surface area contributed by atoms with E-state index in [1.165, 1.54) is 7.11 Å². The van der Waals surface area contributed by atoms with Gasteiger partial charge in [-0.2, -0.15) is 4.98 Å². The lowest BCUT2D eigenvalue weighted by Gasteiger charge is -2.11. The summed E-state index contributed by atoms with van der Waals surface area (Å²) in [6.45, 7) is 2.73. The number of aryl methyl sites for hydroxylation is 1. The fraction of sp³-hybridized carbons (Fsp3) is 0.316. The van der Waals surface area contributed by atoms with Crippen molar-refractivity contribution < 1.29 is 18.5 Å². The predicted molar refractivity (Wildman–Crippen MR) is 93.5 cm³/mol. The minimum atomic E-state index is -0.400. The Morgan fingerprint density at radius 1 is 1.23 bits per heavy atom. The van der Waals surface area contributed by atoms with Crippen molar-refractivity contribution in [3.63, 3.8) is 0 Å². The molecular formula is C19H21N3O4. The molecule has 136 valence electrons. The van der Waals surface area contributed by atoms with Crippen LogP contribution in [0.5, 0.6) is 0 Å². The van der Waals surface area contributed by atoms with Crippen LogP contribution in [0, 0.1) is 6.92 Å². The molecule has 0 bridgehead atoms. The standard InChI is InChI=1S/C19H21N3O4/c1-13-16(19(23)24-3)10-15(25-13)11-22(2)12-18-20-17(21-26-18)9-14-7-5-4-6-8-14/h4-8,10H,9,11-12H2,1-3H3. The Labute approximate surface area is 151 Å². The first kappa shape index (κ1) is 17.9. The van der Waals surface area contributed by atoms with Gasteiger partial charge in [-0.1, -0.05) is 35.5 Å². The highest BCUT2D eigenvalue weighted by molar-refractivity contribution is 5.90. The van der Waals surface area contributed by atoms with E-state index in [1.807, 2.05) is 42.3 Å². The molecule has 0 amide bonds. The van der Waals surface area contributed by atoms with Gasteiger partial charge in [0.05, 0.1) is 20.2 Å². The smallest absolute Gasteiger partial charge is 0.341 e. The number of aromatic nitrogens is 2. The summed E-state index contributed by atoms with van der Waals surface area (Å²) in [5.74, 6) is 2.01. The van der Waals surface area contributed by atoms with Crippen LogP contribution in [0.15, 0.2) is 45.3 Å². The average molecular weight is 355 g/mol. The third kappa shape index (κ3) is 4.37. The van der Waals surface area contributed by atoms with Crippen molar-refractivity contribution >= 4 is 5.97 Å². The minimum Gasteiger partial charge on any atom is -0.465 e. The number of hydrogen-bond donors (Lipinski definition) is 0. The summed E-state index contributed by atoms with van der Waals surface area (Å²) in [5.41, 5.74) is 1.58. The first-order chi connectivity index (χ1) is 12.5. The van der Waals surface area contributed by atoms with Gasteiger partial charge in [0, 0.05) is 6.42 Å². The molecule has 0 saturated carbocycles. The molecule has 0 aliphatic carbocycles. The van der Waals surface area contributed by atoms with Gasteiger partial charge >= 0.3 is 5.97 Å². The second kappa shape index (κ2) is 7.97. The Morgan fingerprint density at radius 2 is 2.00 bits per heavy atom. The highest BCUT2D eigenvalue weighted by Crippen LogP contribution is 2.17. The molecular weight excluding hydrogens is 334 g/mol. The van der Waals surface area contributed by atoms with Crippen molar-refractivity contribution in [3.8, 4) is 0 Å². The highest BCUT2D eigenvalue weighted by atomic mass is 16.5. The number of methoxy groups -OCH3 is 1. The zero-order chi connectivity index (χ0) is 18.5. The lowest BCUT2D eigenvalue weighted by molar-refractivity contribution is 0.0599. The van der Waals surface area contributed by atoms with Crippen molar-refractivity contribution in [2.75, 3.05) is 14.2 Å². The van der Waals surface area contributed by atoms with E-state index < -0.39 is 5.97 Å². The van der Waals surface area contributed by atoms with Crippen molar-refractivity contribution in [1.29, 1.82) is 0 Å². The van der Waals surface area contributed by atoms with E-state index in [0.29, 0.717) is 48.3 Å². The molecule has 2 aromatic heterocycles. The van der Waals surface area contributed by atoms with Crippen LogP contribution in [0.4, 0.5) is 0 Å². The van der Waals surface area contributed by atoms with Crippen LogP contribution in [-0.2, 0) is 24.2 Å². The topological polar surface area (TPSA) is 81.6 Å². The Bertz CT molecular complexity index is 870. The molecule has 0 N–H and O–H groups in total. The molecule has 0 atom stereocenters. The lowest BCUT2D eigenvalue weighted by atomic mass is 10.1. The van der Waals surface area contributed by atoms with Gasteiger partial charge in [-0.25, -0.2) is 4.79 Å². The average Bonchev–Trinajstić information content (AvgIpc) is 3.21. The van der Waals surface area contributed by atoms with Gasteiger partial charge in [0.15, 0.2) is 5.82 Å². The van der Waals surface area contributed by atoms with Crippen LogP contribution in [0.1, 0.15) is 39.2 Å². The van der Waals surface area contributed by atoms with Crippen LogP contribution in [0.25, 0.3) is 0 Å². The molecule has 26 heavy (non-hydrogen) atoms. The van der Waals surface area contributed by atoms with Gasteiger partial charge in [-0.3, -0.25) is 4.90 Å². The maximum absolute atomic E-state index is 11.6. The lowest BCUT2D eigenvalue weighted by Crippen LogP contribution is -2.17. The molecule has 0 aliphatic heterocycles. The maximum atomic E-state index is 11.6. The zero-order valence-electron chi connectivity index (χ0n) is 15.1. The van der Waals surface area contributed by atoms with Crippen LogP contribution >= 0.6 is 0 Å². The molecule has 0 spiro atoms. The van der Waals surface area contributed by atoms with E-state index in [9.17, 15) is 4.79 Å². The fourth-order valence-corrected chi connectivity index (χ4v) is 2.69. The summed E-state index contributed by atoms with van der Waals surface area (Å²) >= 11 is 0. The van der Waals surface area contributed by atoms with Crippen LogP contribution < -0.4 is 0 Å². The molecule has 0 aliphatic rings. The number of ether oxygens (including phenoxy) is 1. The predicted octanol–water partition coefficient (Wildman–Crippen LogP) is 2.98. The first-order valence-electron chi connectivity index (χ1n) is 8.26. The van der Waals surface area contributed by atoms with Crippen LogP contribution in [-0.4, -0.2) is 35.2 Å². The summed E-state index contributed by atoms with van der Waals surface area (Å²) < 4.78 is 15.7. The molecule has 0 radical (unpaired) electrons. The van der Waals surface area contributed by atoms with E-state index >= 15 is 0 Å². The minimum absolute atomic E-state index is 0.400. The van der Waals surface area contributed by atoms with Gasteiger partial charge in [-0.05, 0) is 25.6 Å². The third-order valence-electron chi connectivity index (χ3n) is 3.92. The number of carbonyl (C=O) groups excluding carboxylic acids is 1. The van der Waals surface area contributed by atoms with E-state index in [1.54, 1.807) is 13.0 Å². The number of furan rings is 1. The molecule has 7 nitrogen and oxygen atoms in total. The SMILES string of the molecule is COC(=O)c1cc(CN(C)Cc2nc(Cc3ccccc3)no2)oc1C. The van der Waals surface area contributed by atoms with Crippen LogP contribution in [0.3, 0.4) is 0 Å². The summed E-state index contributed by atoms with van der Waals surface area (Å²) in [6.07, 6.45) is 0.633. The van der Waals surface area contributed by atoms with Crippen molar-refractivity contribution in [2.24, 2.45) is 0 Å². The van der Waals surface area contributed by atoms with Gasteiger partial charge < -0.3 is 13.7 Å². The Balaban J connectivity index is 1.58. The molecule has 3 rings (SSSR count). The second-order valence-electron chi connectivity index (χ2n) is 6.11. The van der Waals surface area contributed by atoms with E-state index in [2.05, 4.69) is 10.1 Å². The summed E-state index contributed by atoms with van der Waals surface area (Å²) in [5, 5.41) is 4.03. The molecule has 3 aromatic rings. The summed E-state index contributed by atoms with van der Waals surface area (Å²) in [7, 11) is 3.26.